The summed E-state index contributed by atoms with van der Waals surface area (Å²) in [6.07, 6.45) is 31.2. The molecule has 0 heterocycles. The first kappa shape index (κ1) is 35.8. The zero-order chi connectivity index (χ0) is 26.6. The molecule has 218 valence electrons. The van der Waals surface area contributed by atoms with Crippen molar-refractivity contribution >= 4 is 0 Å². The summed E-state index contributed by atoms with van der Waals surface area (Å²) in [5, 5.41) is 29.8. The summed E-state index contributed by atoms with van der Waals surface area (Å²) < 4.78 is 0. The Labute approximate surface area is 226 Å². The molecule has 4 heteroatoms. The highest BCUT2D eigenvalue weighted by Crippen LogP contribution is 2.29. The van der Waals surface area contributed by atoms with Gasteiger partial charge in [-0.2, -0.15) is 0 Å². The Bertz CT molecular complexity index is 414. The summed E-state index contributed by atoms with van der Waals surface area (Å²) >= 11 is 0. The van der Waals surface area contributed by atoms with E-state index in [4.69, 9.17) is 0 Å². The molecular formula is C32H67NO3. The molecule has 36 heavy (non-hydrogen) atoms. The smallest absolute Gasteiger partial charge is 0.0615 e. The fourth-order valence-electron chi connectivity index (χ4n) is 5.76. The first-order valence-corrected chi connectivity index (χ1v) is 16.3. The molecular weight excluding hydrogens is 446 g/mol. The van der Waals surface area contributed by atoms with Gasteiger partial charge in [-0.05, 0) is 12.8 Å². The van der Waals surface area contributed by atoms with Gasteiger partial charge in [-0.3, -0.25) is 4.90 Å². The fourth-order valence-corrected chi connectivity index (χ4v) is 5.76. The van der Waals surface area contributed by atoms with Crippen LogP contribution in [0.2, 0.25) is 0 Å². The van der Waals surface area contributed by atoms with Crippen molar-refractivity contribution in [3.63, 3.8) is 0 Å². The maximum atomic E-state index is 10.5. The van der Waals surface area contributed by atoms with E-state index >= 15 is 0 Å². The van der Waals surface area contributed by atoms with Crippen molar-refractivity contribution in [1.29, 1.82) is 0 Å². The topological polar surface area (TPSA) is 63.9 Å². The number of rotatable bonds is 30. The lowest BCUT2D eigenvalue weighted by Gasteiger charge is -2.43. The minimum absolute atomic E-state index is 0.0816. The van der Waals surface area contributed by atoms with Gasteiger partial charge < -0.3 is 15.3 Å². The molecule has 0 aliphatic heterocycles. The van der Waals surface area contributed by atoms with Crippen LogP contribution in [0.3, 0.4) is 0 Å². The largest absolute Gasteiger partial charge is 0.395 e. The number of aliphatic hydroxyl groups excluding tert-OH is 3. The van der Waals surface area contributed by atoms with Crippen LogP contribution >= 0.6 is 0 Å². The van der Waals surface area contributed by atoms with E-state index in [2.05, 4.69) is 18.7 Å². The Hall–Kier alpha value is -0.160. The van der Waals surface area contributed by atoms with Gasteiger partial charge in [0.05, 0.1) is 19.8 Å². The second kappa shape index (κ2) is 27.9. The van der Waals surface area contributed by atoms with Crippen molar-refractivity contribution in [2.24, 2.45) is 0 Å². The van der Waals surface area contributed by atoms with Crippen molar-refractivity contribution < 1.29 is 15.3 Å². The SMILES string of the molecule is CCCCCCCCCCCCCCC(CO)(CCCCCCCCCCCC)N(CCO)CCO. The highest BCUT2D eigenvalue weighted by Gasteiger charge is 2.34. The number of hydrogen-bond donors (Lipinski definition) is 3. The first-order valence-electron chi connectivity index (χ1n) is 16.3. The molecule has 0 aliphatic carbocycles. The number of nitrogens with zero attached hydrogens (tertiary/aromatic N) is 1. The van der Waals surface area contributed by atoms with Crippen LogP contribution in [-0.2, 0) is 0 Å². The van der Waals surface area contributed by atoms with Gasteiger partial charge in [-0.15, -0.1) is 0 Å². The Balaban J connectivity index is 4.28. The second-order valence-electron chi connectivity index (χ2n) is 11.4. The van der Waals surface area contributed by atoms with E-state index in [1.54, 1.807) is 0 Å². The van der Waals surface area contributed by atoms with Gasteiger partial charge in [-0.25, -0.2) is 0 Å². The molecule has 0 aromatic heterocycles. The lowest BCUT2D eigenvalue weighted by molar-refractivity contribution is -0.00725. The predicted molar refractivity (Wildman–Crippen MR) is 158 cm³/mol. The molecule has 0 rings (SSSR count). The minimum Gasteiger partial charge on any atom is -0.395 e. The summed E-state index contributed by atoms with van der Waals surface area (Å²) in [5.74, 6) is 0. The third-order valence-corrected chi connectivity index (χ3v) is 8.20. The summed E-state index contributed by atoms with van der Waals surface area (Å²) in [4.78, 5) is 2.18. The van der Waals surface area contributed by atoms with E-state index < -0.39 is 0 Å². The van der Waals surface area contributed by atoms with Crippen LogP contribution in [0.15, 0.2) is 0 Å². The molecule has 0 bridgehead atoms. The number of unbranched alkanes of at least 4 members (excludes halogenated alkanes) is 20. The van der Waals surface area contributed by atoms with Crippen LogP contribution in [-0.4, -0.2) is 58.7 Å². The van der Waals surface area contributed by atoms with Crippen LogP contribution in [0.25, 0.3) is 0 Å². The molecule has 0 radical (unpaired) electrons. The summed E-state index contributed by atoms with van der Waals surface area (Å²) in [6, 6.07) is 0. The summed E-state index contributed by atoms with van der Waals surface area (Å²) in [5.41, 5.74) is -0.288. The van der Waals surface area contributed by atoms with E-state index in [9.17, 15) is 15.3 Å². The van der Waals surface area contributed by atoms with Gasteiger partial charge in [0, 0.05) is 18.6 Å². The molecule has 0 saturated heterocycles. The number of aliphatic hydroxyl groups is 3. The third kappa shape index (κ3) is 19.9. The predicted octanol–water partition coefficient (Wildman–Crippen LogP) is 8.41. The fraction of sp³-hybridized carbons (Fsp3) is 1.00. The Kier molecular flexibility index (Phi) is 27.7. The standard InChI is InChI=1S/C32H67NO3/c1-3-5-7-9-11-13-15-16-18-20-22-24-26-32(31-36,33(27-29-34)28-30-35)25-23-21-19-17-14-12-10-8-6-4-2/h34-36H,3-31H2,1-2H3. The lowest BCUT2D eigenvalue weighted by atomic mass is 9.84. The maximum absolute atomic E-state index is 10.5. The van der Waals surface area contributed by atoms with E-state index in [0.717, 1.165) is 25.7 Å². The van der Waals surface area contributed by atoms with E-state index in [1.165, 1.54) is 128 Å². The van der Waals surface area contributed by atoms with Gasteiger partial charge in [0.15, 0.2) is 0 Å². The monoisotopic (exact) mass is 514 g/mol. The molecule has 0 spiro atoms. The highest BCUT2D eigenvalue weighted by atomic mass is 16.3. The van der Waals surface area contributed by atoms with Crippen LogP contribution in [0, 0.1) is 0 Å². The molecule has 4 nitrogen and oxygen atoms in total. The zero-order valence-electron chi connectivity index (χ0n) is 24.8. The second-order valence-corrected chi connectivity index (χ2v) is 11.4. The van der Waals surface area contributed by atoms with Crippen molar-refractivity contribution in [2.75, 3.05) is 32.9 Å². The minimum atomic E-state index is -0.288. The number of hydrogen-bond acceptors (Lipinski definition) is 4. The van der Waals surface area contributed by atoms with E-state index in [-0.39, 0.29) is 25.4 Å². The van der Waals surface area contributed by atoms with E-state index in [0.29, 0.717) is 13.1 Å². The van der Waals surface area contributed by atoms with Gasteiger partial charge in [-0.1, -0.05) is 155 Å². The Morgan fingerprint density at radius 2 is 0.694 bits per heavy atom. The normalized spacial score (nSPS) is 13.5. The Morgan fingerprint density at radius 3 is 0.944 bits per heavy atom. The summed E-state index contributed by atoms with van der Waals surface area (Å²) in [6.45, 7) is 5.92. The van der Waals surface area contributed by atoms with Gasteiger partial charge in [0.1, 0.15) is 0 Å². The lowest BCUT2D eigenvalue weighted by Crippen LogP contribution is -2.53. The molecule has 0 aromatic rings. The van der Waals surface area contributed by atoms with Crippen molar-refractivity contribution in [1.82, 2.24) is 4.90 Å². The van der Waals surface area contributed by atoms with Crippen molar-refractivity contribution in [3.05, 3.63) is 0 Å². The van der Waals surface area contributed by atoms with Crippen LogP contribution in [0.4, 0.5) is 0 Å². The molecule has 3 N–H and O–H groups in total. The van der Waals surface area contributed by atoms with Gasteiger partial charge in [0.25, 0.3) is 0 Å². The van der Waals surface area contributed by atoms with E-state index in [1.807, 2.05) is 0 Å². The van der Waals surface area contributed by atoms with Crippen molar-refractivity contribution in [2.45, 2.75) is 173 Å². The molecule has 1 atom stereocenters. The summed E-state index contributed by atoms with van der Waals surface area (Å²) in [7, 11) is 0. The third-order valence-electron chi connectivity index (χ3n) is 8.20. The van der Waals surface area contributed by atoms with Gasteiger partial charge >= 0.3 is 0 Å². The molecule has 0 aliphatic rings. The maximum Gasteiger partial charge on any atom is 0.0615 e. The first-order chi connectivity index (χ1) is 17.7. The molecule has 0 fully saturated rings. The quantitative estimate of drug-likeness (QED) is 0.0844. The van der Waals surface area contributed by atoms with Gasteiger partial charge in [0.2, 0.25) is 0 Å². The number of β-amino-alcohol motifs (C(OH)–C–C–N with tert-alkyl or cyclic N) is 2. The van der Waals surface area contributed by atoms with Crippen molar-refractivity contribution in [3.8, 4) is 0 Å². The Morgan fingerprint density at radius 1 is 0.417 bits per heavy atom. The van der Waals surface area contributed by atoms with Crippen LogP contribution < -0.4 is 0 Å². The zero-order valence-corrected chi connectivity index (χ0v) is 24.8. The highest BCUT2D eigenvalue weighted by molar-refractivity contribution is 4.90. The molecule has 1 unspecified atom stereocenters. The van der Waals surface area contributed by atoms with Crippen LogP contribution in [0.1, 0.15) is 168 Å². The molecule has 0 amide bonds. The average molecular weight is 514 g/mol. The molecule has 0 saturated carbocycles. The van der Waals surface area contributed by atoms with Crippen LogP contribution in [0.5, 0.6) is 0 Å². The molecule has 0 aromatic carbocycles. The average Bonchev–Trinajstić information content (AvgIpc) is 2.89.